The van der Waals surface area contributed by atoms with E-state index in [-0.39, 0.29) is 0 Å². The minimum Gasteiger partial charge on any atom is -0.497 e. The van der Waals surface area contributed by atoms with Crippen LogP contribution >= 0.6 is 0 Å². The minimum atomic E-state index is -0.469. The third-order valence-electron chi connectivity index (χ3n) is 4.79. The molecular formula is C24H21NO5. The number of esters is 1. The normalized spacial score (nSPS) is 13.7. The molecule has 0 saturated heterocycles. The first-order chi connectivity index (χ1) is 14.6. The number of carbonyl (C=O) groups is 1. The quantitative estimate of drug-likeness (QED) is 0.481. The number of ether oxygens (including phenoxy) is 4. The largest absolute Gasteiger partial charge is 0.497 e. The molecule has 0 atom stereocenters. The molecule has 1 aliphatic rings. The van der Waals surface area contributed by atoms with Crippen molar-refractivity contribution in [3.63, 3.8) is 0 Å². The highest BCUT2D eigenvalue weighted by molar-refractivity contribution is 6.07. The van der Waals surface area contributed by atoms with Gasteiger partial charge in [-0.3, -0.25) is 0 Å². The Morgan fingerprint density at radius 1 is 0.967 bits per heavy atom. The molecule has 0 radical (unpaired) electrons. The van der Waals surface area contributed by atoms with Crippen LogP contribution in [0.25, 0.3) is 11.8 Å². The van der Waals surface area contributed by atoms with Gasteiger partial charge in [0.15, 0.2) is 0 Å². The number of nitrogens with two attached hydrogens (primary N) is 1. The van der Waals surface area contributed by atoms with Crippen LogP contribution in [0.4, 0.5) is 5.69 Å². The van der Waals surface area contributed by atoms with E-state index >= 15 is 0 Å². The number of carbonyl (C=O) groups excluding carboxylic acids is 1. The lowest BCUT2D eigenvalue weighted by atomic mass is 10.0. The van der Waals surface area contributed by atoms with Gasteiger partial charge in [-0.15, -0.1) is 0 Å². The molecule has 0 amide bonds. The predicted molar refractivity (Wildman–Crippen MR) is 114 cm³/mol. The summed E-state index contributed by atoms with van der Waals surface area (Å²) in [5, 5.41) is 0. The van der Waals surface area contributed by atoms with Crippen molar-refractivity contribution in [1.82, 2.24) is 0 Å². The zero-order chi connectivity index (χ0) is 21.1. The Labute approximate surface area is 174 Å². The molecule has 3 aromatic carbocycles. The zero-order valence-electron chi connectivity index (χ0n) is 16.7. The summed E-state index contributed by atoms with van der Waals surface area (Å²) < 4.78 is 22.1. The van der Waals surface area contributed by atoms with Crippen LogP contribution < -0.4 is 19.9 Å². The van der Waals surface area contributed by atoms with Gasteiger partial charge in [0.1, 0.15) is 29.6 Å². The van der Waals surface area contributed by atoms with Gasteiger partial charge in [-0.25, -0.2) is 4.79 Å². The Hall–Kier alpha value is -3.93. The topological polar surface area (TPSA) is 80.0 Å². The summed E-state index contributed by atoms with van der Waals surface area (Å²) in [6.07, 6.45) is 1.71. The van der Waals surface area contributed by atoms with E-state index in [0.29, 0.717) is 52.0 Å². The molecule has 1 heterocycles. The molecule has 0 aromatic heterocycles. The second kappa shape index (κ2) is 8.21. The fourth-order valence-corrected chi connectivity index (χ4v) is 3.24. The van der Waals surface area contributed by atoms with Crippen LogP contribution in [0.3, 0.4) is 0 Å². The van der Waals surface area contributed by atoms with E-state index in [4.69, 9.17) is 24.7 Å². The van der Waals surface area contributed by atoms with Gasteiger partial charge in [0.25, 0.3) is 0 Å². The second-order valence-electron chi connectivity index (χ2n) is 6.72. The molecule has 6 nitrogen and oxygen atoms in total. The van der Waals surface area contributed by atoms with E-state index < -0.39 is 5.97 Å². The van der Waals surface area contributed by atoms with Gasteiger partial charge in [0.2, 0.25) is 0 Å². The zero-order valence-corrected chi connectivity index (χ0v) is 16.7. The molecule has 3 aromatic rings. The van der Waals surface area contributed by atoms with Crippen molar-refractivity contribution in [2.75, 3.05) is 20.0 Å². The maximum absolute atomic E-state index is 12.4. The predicted octanol–water partition coefficient (Wildman–Crippen LogP) is 4.53. The Morgan fingerprint density at radius 3 is 2.50 bits per heavy atom. The summed E-state index contributed by atoms with van der Waals surface area (Å²) >= 11 is 0. The summed E-state index contributed by atoms with van der Waals surface area (Å²) in [5.41, 5.74) is 9.37. The number of methoxy groups -OCH3 is 2. The lowest BCUT2D eigenvalue weighted by molar-refractivity contribution is 0.0717. The second-order valence-corrected chi connectivity index (χ2v) is 6.72. The highest BCUT2D eigenvalue weighted by Crippen LogP contribution is 2.41. The SMILES string of the molecule is COc1cc(OC)c2c(c1)C(=O)O/C2=C/c1cc(OCc2ccccc2)ccc1N. The first-order valence-corrected chi connectivity index (χ1v) is 9.35. The van der Waals surface area contributed by atoms with Crippen LogP contribution in [0.5, 0.6) is 17.2 Å². The molecule has 30 heavy (non-hydrogen) atoms. The van der Waals surface area contributed by atoms with Crippen molar-refractivity contribution in [2.45, 2.75) is 6.61 Å². The lowest BCUT2D eigenvalue weighted by Gasteiger charge is -2.10. The van der Waals surface area contributed by atoms with Crippen molar-refractivity contribution in [1.29, 1.82) is 0 Å². The van der Waals surface area contributed by atoms with Crippen LogP contribution in [0.2, 0.25) is 0 Å². The van der Waals surface area contributed by atoms with Crippen LogP contribution in [0.15, 0.2) is 60.7 Å². The van der Waals surface area contributed by atoms with Gasteiger partial charge in [-0.05, 0) is 35.9 Å². The summed E-state index contributed by atoms with van der Waals surface area (Å²) in [4.78, 5) is 12.4. The minimum absolute atomic E-state index is 0.362. The highest BCUT2D eigenvalue weighted by Gasteiger charge is 2.31. The highest BCUT2D eigenvalue weighted by atomic mass is 16.5. The molecular weight excluding hydrogens is 382 g/mol. The van der Waals surface area contributed by atoms with Crippen LogP contribution in [-0.2, 0) is 11.3 Å². The molecule has 2 N–H and O–H groups in total. The molecule has 0 aliphatic carbocycles. The first-order valence-electron chi connectivity index (χ1n) is 9.35. The average Bonchev–Trinajstić information content (AvgIpc) is 3.09. The van der Waals surface area contributed by atoms with Gasteiger partial charge in [-0.1, -0.05) is 30.3 Å². The summed E-state index contributed by atoms with van der Waals surface area (Å²) in [6.45, 7) is 0.437. The maximum Gasteiger partial charge on any atom is 0.344 e. The number of nitrogen functional groups attached to an aromatic ring is 1. The van der Waals surface area contributed by atoms with Gasteiger partial charge in [0, 0.05) is 17.3 Å². The molecule has 0 bridgehead atoms. The van der Waals surface area contributed by atoms with Crippen molar-refractivity contribution in [3.8, 4) is 17.2 Å². The Kier molecular flexibility index (Phi) is 5.30. The molecule has 0 saturated carbocycles. The number of hydrogen-bond donors (Lipinski definition) is 1. The van der Waals surface area contributed by atoms with Crippen molar-refractivity contribution < 1.29 is 23.7 Å². The fraction of sp³-hybridized carbons (Fsp3) is 0.125. The molecule has 0 unspecified atom stereocenters. The van der Waals surface area contributed by atoms with Gasteiger partial charge >= 0.3 is 5.97 Å². The summed E-state index contributed by atoms with van der Waals surface area (Å²) in [6, 6.07) is 18.6. The maximum atomic E-state index is 12.4. The summed E-state index contributed by atoms with van der Waals surface area (Å²) in [7, 11) is 3.06. The Balaban J connectivity index is 1.67. The number of benzene rings is 3. The van der Waals surface area contributed by atoms with Gasteiger partial charge < -0.3 is 24.7 Å². The fourth-order valence-electron chi connectivity index (χ4n) is 3.24. The number of cyclic esters (lactones) is 1. The van der Waals surface area contributed by atoms with E-state index in [9.17, 15) is 4.79 Å². The Bertz CT molecular complexity index is 1120. The number of anilines is 1. The van der Waals surface area contributed by atoms with E-state index in [1.165, 1.54) is 14.2 Å². The Morgan fingerprint density at radius 2 is 1.77 bits per heavy atom. The molecule has 4 rings (SSSR count). The van der Waals surface area contributed by atoms with Crippen LogP contribution in [0, 0.1) is 0 Å². The number of fused-ring (bicyclic) bond motifs is 1. The third-order valence-corrected chi connectivity index (χ3v) is 4.79. The molecule has 0 spiro atoms. The number of rotatable bonds is 6. The summed E-state index contributed by atoms with van der Waals surface area (Å²) in [5.74, 6) is 1.55. The average molecular weight is 403 g/mol. The molecule has 0 fully saturated rings. The van der Waals surface area contributed by atoms with Crippen molar-refractivity contribution in [2.24, 2.45) is 0 Å². The third kappa shape index (κ3) is 3.80. The standard InChI is InChI=1S/C24H21NO5/c1-27-18-12-19-23(21(13-18)28-2)22(30-24(19)26)11-16-10-17(8-9-20(16)25)29-14-15-6-4-3-5-7-15/h3-13H,14,25H2,1-2H3/b22-11+. The van der Waals surface area contributed by atoms with Gasteiger partial charge in [0.05, 0.1) is 25.3 Å². The van der Waals surface area contributed by atoms with Crippen LogP contribution in [0.1, 0.15) is 27.0 Å². The van der Waals surface area contributed by atoms with Crippen molar-refractivity contribution >= 4 is 23.5 Å². The molecule has 1 aliphatic heterocycles. The lowest BCUT2D eigenvalue weighted by Crippen LogP contribution is -1.97. The molecule has 6 heteroatoms. The van der Waals surface area contributed by atoms with E-state index in [1.807, 2.05) is 36.4 Å². The van der Waals surface area contributed by atoms with E-state index in [1.54, 1.807) is 30.3 Å². The molecule has 152 valence electrons. The van der Waals surface area contributed by atoms with E-state index in [0.717, 1.165) is 5.56 Å². The van der Waals surface area contributed by atoms with Crippen LogP contribution in [-0.4, -0.2) is 20.2 Å². The van der Waals surface area contributed by atoms with E-state index in [2.05, 4.69) is 0 Å². The smallest absolute Gasteiger partial charge is 0.344 e. The number of hydrogen-bond acceptors (Lipinski definition) is 6. The van der Waals surface area contributed by atoms with Crippen molar-refractivity contribution in [3.05, 3.63) is 82.9 Å². The first kappa shape index (κ1) is 19.4. The van der Waals surface area contributed by atoms with Gasteiger partial charge in [-0.2, -0.15) is 0 Å². The monoisotopic (exact) mass is 403 g/mol.